The number of aromatic nitrogens is 2. The van der Waals surface area contributed by atoms with Crippen molar-refractivity contribution < 1.29 is 14.7 Å². The fourth-order valence-electron chi connectivity index (χ4n) is 4.47. The monoisotopic (exact) mass is 601 g/mol. The molecular formula is C32H28ClN3O3S2. The van der Waals surface area contributed by atoms with Gasteiger partial charge in [0.15, 0.2) is 15.9 Å². The van der Waals surface area contributed by atoms with Gasteiger partial charge in [-0.1, -0.05) is 134 Å². The second-order valence-corrected chi connectivity index (χ2v) is 13.1. The molecule has 9 heteroatoms. The number of hydrogen-bond acceptors (Lipinski definition) is 7. The number of rotatable bonds is 8. The summed E-state index contributed by atoms with van der Waals surface area (Å²) in [7, 11) is 0. The number of halogens is 1. The van der Waals surface area contributed by atoms with Gasteiger partial charge in [-0.3, -0.25) is 14.5 Å². The molecule has 1 aliphatic rings. The van der Waals surface area contributed by atoms with Crippen LogP contribution in [0.15, 0.2) is 101 Å². The van der Waals surface area contributed by atoms with Crippen LogP contribution in [0.3, 0.4) is 0 Å². The molecule has 0 fully saturated rings. The highest BCUT2D eigenvalue weighted by atomic mass is 35.5. The van der Waals surface area contributed by atoms with E-state index in [0.29, 0.717) is 25.8 Å². The first-order valence-electron chi connectivity index (χ1n) is 13.0. The fourth-order valence-corrected chi connectivity index (χ4v) is 6.63. The maximum atomic E-state index is 13.5. The zero-order valence-corrected chi connectivity index (χ0v) is 25.1. The molecule has 0 aliphatic carbocycles. The summed E-state index contributed by atoms with van der Waals surface area (Å²) in [6.45, 7) is 6.35. The summed E-state index contributed by atoms with van der Waals surface area (Å²) in [6.07, 6.45) is 3.06. The van der Waals surface area contributed by atoms with Crippen LogP contribution in [-0.2, 0) is 20.8 Å². The van der Waals surface area contributed by atoms with Crippen LogP contribution >= 0.6 is 34.7 Å². The maximum Gasteiger partial charge on any atom is 0.296 e. The van der Waals surface area contributed by atoms with E-state index >= 15 is 0 Å². The van der Waals surface area contributed by atoms with Gasteiger partial charge in [0.25, 0.3) is 5.91 Å². The van der Waals surface area contributed by atoms with Gasteiger partial charge in [0.1, 0.15) is 0 Å². The van der Waals surface area contributed by atoms with E-state index in [1.54, 1.807) is 6.08 Å². The summed E-state index contributed by atoms with van der Waals surface area (Å²) in [5.74, 6) is -1.15. The third kappa shape index (κ3) is 6.30. The molecule has 5 rings (SSSR count). The summed E-state index contributed by atoms with van der Waals surface area (Å²) in [5, 5.41) is 20.6. The number of hydrogen-bond donors (Lipinski definition) is 1. The van der Waals surface area contributed by atoms with Gasteiger partial charge < -0.3 is 5.11 Å². The van der Waals surface area contributed by atoms with E-state index in [0.717, 1.165) is 16.7 Å². The number of thioether (sulfide) groups is 1. The lowest BCUT2D eigenvalue weighted by molar-refractivity contribution is -0.117. The predicted octanol–water partition coefficient (Wildman–Crippen LogP) is 7.96. The number of aliphatic hydroxyl groups is 1. The van der Waals surface area contributed by atoms with Crippen LogP contribution in [0.25, 0.3) is 6.08 Å². The first-order chi connectivity index (χ1) is 19.6. The van der Waals surface area contributed by atoms with E-state index in [2.05, 4.69) is 31.0 Å². The average Bonchev–Trinajstić information content (AvgIpc) is 3.53. The Bertz CT molecular complexity index is 1640. The van der Waals surface area contributed by atoms with E-state index in [4.69, 9.17) is 11.6 Å². The zero-order chi connectivity index (χ0) is 29.1. The highest BCUT2D eigenvalue weighted by molar-refractivity contribution is 8.00. The minimum atomic E-state index is -0.862. The zero-order valence-electron chi connectivity index (χ0n) is 22.7. The largest absolute Gasteiger partial charge is 0.503 e. The molecule has 41 heavy (non-hydrogen) atoms. The molecule has 1 atom stereocenters. The van der Waals surface area contributed by atoms with Crippen LogP contribution in [0.1, 0.15) is 49.1 Å². The van der Waals surface area contributed by atoms with Crippen LogP contribution in [0, 0.1) is 0 Å². The van der Waals surface area contributed by atoms with Crippen LogP contribution in [-0.4, -0.2) is 27.0 Å². The maximum absolute atomic E-state index is 13.5. The van der Waals surface area contributed by atoms with Gasteiger partial charge in [0.05, 0.1) is 11.6 Å². The van der Waals surface area contributed by atoms with Crippen molar-refractivity contribution in [2.75, 3.05) is 4.90 Å². The van der Waals surface area contributed by atoms with Crippen LogP contribution in [0.4, 0.5) is 5.13 Å². The molecule has 6 nitrogen and oxygen atoms in total. The SMILES string of the molecule is CC(C)(C)c1ccc(C2C(C(=O)/C=C/c3ccccc3)=C(O)C(=O)N2c2nnc(SCc3ccccc3Cl)s2)cc1. The normalized spacial score (nSPS) is 15.8. The van der Waals surface area contributed by atoms with E-state index in [9.17, 15) is 14.7 Å². The predicted molar refractivity (Wildman–Crippen MR) is 166 cm³/mol. The number of anilines is 1. The Morgan fingerprint density at radius 3 is 2.39 bits per heavy atom. The van der Waals surface area contributed by atoms with Crippen molar-refractivity contribution in [1.29, 1.82) is 0 Å². The summed E-state index contributed by atoms with van der Waals surface area (Å²) in [5.41, 5.74) is 3.51. The molecule has 1 unspecified atom stereocenters. The lowest BCUT2D eigenvalue weighted by Crippen LogP contribution is -2.31. The summed E-state index contributed by atoms with van der Waals surface area (Å²) < 4.78 is 0.637. The number of nitrogens with zero attached hydrogens (tertiary/aromatic N) is 3. The Morgan fingerprint density at radius 2 is 1.71 bits per heavy atom. The number of carbonyl (C=O) groups is 2. The fraction of sp³-hybridized carbons (Fsp3) is 0.188. The Balaban J connectivity index is 1.49. The van der Waals surface area contributed by atoms with E-state index < -0.39 is 23.5 Å². The second-order valence-electron chi connectivity index (χ2n) is 10.6. The molecule has 0 bridgehead atoms. The average molecular weight is 602 g/mol. The van der Waals surface area contributed by atoms with Crippen molar-refractivity contribution >= 4 is 57.6 Å². The van der Waals surface area contributed by atoms with Crippen LogP contribution < -0.4 is 4.90 Å². The molecule has 3 aromatic carbocycles. The molecular weight excluding hydrogens is 574 g/mol. The summed E-state index contributed by atoms with van der Waals surface area (Å²) in [6, 6.07) is 23.9. The molecule has 4 aromatic rings. The van der Waals surface area contributed by atoms with Gasteiger partial charge in [-0.15, -0.1) is 10.2 Å². The molecule has 0 saturated heterocycles. The van der Waals surface area contributed by atoms with Gasteiger partial charge in [-0.25, -0.2) is 0 Å². The van der Waals surface area contributed by atoms with Crippen molar-refractivity contribution in [2.24, 2.45) is 0 Å². The van der Waals surface area contributed by atoms with Crippen LogP contribution in [0.2, 0.25) is 5.02 Å². The second kappa shape index (κ2) is 12.0. The first kappa shape index (κ1) is 28.8. The van der Waals surface area contributed by atoms with Gasteiger partial charge in [-0.2, -0.15) is 0 Å². The minimum Gasteiger partial charge on any atom is -0.503 e. The Morgan fingerprint density at radius 1 is 1.02 bits per heavy atom. The van der Waals surface area contributed by atoms with Gasteiger partial charge in [-0.05, 0) is 39.8 Å². The summed E-state index contributed by atoms with van der Waals surface area (Å²) in [4.78, 5) is 28.4. The molecule has 208 valence electrons. The highest BCUT2D eigenvalue weighted by Crippen LogP contribution is 2.44. The van der Waals surface area contributed by atoms with Crippen LogP contribution in [0.5, 0.6) is 0 Å². The van der Waals surface area contributed by atoms with E-state index in [-0.39, 0.29) is 11.0 Å². The molecule has 1 N–H and O–H groups in total. The van der Waals surface area contributed by atoms with E-state index in [1.165, 1.54) is 34.1 Å². The quantitative estimate of drug-likeness (QED) is 0.125. The van der Waals surface area contributed by atoms with Crippen molar-refractivity contribution in [2.45, 2.75) is 42.3 Å². The highest BCUT2D eigenvalue weighted by Gasteiger charge is 2.45. The number of amides is 1. The standard InChI is InChI=1S/C32H28ClN3O3S2/c1-32(2,3)23-16-14-21(15-17-23)27-26(25(37)18-13-20-9-5-4-6-10-20)28(38)29(39)36(27)30-34-35-31(41-30)40-19-22-11-7-8-12-24(22)33/h4-18,27,38H,19H2,1-3H3/b18-13+. The molecule has 1 aliphatic heterocycles. The Kier molecular flexibility index (Phi) is 8.45. The van der Waals surface area contributed by atoms with Gasteiger partial charge >= 0.3 is 0 Å². The molecule has 1 aromatic heterocycles. The van der Waals surface area contributed by atoms with E-state index in [1.807, 2.05) is 78.9 Å². The molecule has 0 radical (unpaired) electrons. The lowest BCUT2D eigenvalue weighted by atomic mass is 9.85. The third-order valence-electron chi connectivity index (χ3n) is 6.70. The van der Waals surface area contributed by atoms with Crippen molar-refractivity contribution in [1.82, 2.24) is 10.2 Å². The topological polar surface area (TPSA) is 83.4 Å². The lowest BCUT2D eigenvalue weighted by Gasteiger charge is -2.25. The summed E-state index contributed by atoms with van der Waals surface area (Å²) >= 11 is 8.98. The van der Waals surface area contributed by atoms with Gasteiger partial charge in [0, 0.05) is 10.8 Å². The molecule has 2 heterocycles. The first-order valence-corrected chi connectivity index (χ1v) is 15.2. The number of carbonyl (C=O) groups excluding carboxylic acids is 2. The molecule has 0 saturated carbocycles. The molecule has 0 spiro atoms. The van der Waals surface area contributed by atoms with Gasteiger partial charge in [0.2, 0.25) is 5.13 Å². The number of allylic oxidation sites excluding steroid dienone is 1. The Hall–Kier alpha value is -3.72. The molecule has 1 amide bonds. The third-order valence-corrected chi connectivity index (χ3v) is 9.18. The smallest absolute Gasteiger partial charge is 0.296 e. The van der Waals surface area contributed by atoms with Crippen molar-refractivity contribution in [3.05, 3.63) is 124 Å². The number of benzene rings is 3. The Labute approximate surface area is 252 Å². The minimum absolute atomic E-state index is 0.00570. The number of aliphatic hydroxyl groups excluding tert-OH is 1. The number of ketones is 1. The van der Waals surface area contributed by atoms with Crippen molar-refractivity contribution in [3.8, 4) is 0 Å². The van der Waals surface area contributed by atoms with Crippen molar-refractivity contribution in [3.63, 3.8) is 0 Å².